The minimum Gasteiger partial charge on any atom is -0.439 e. The molecule has 0 radical (unpaired) electrons. The van der Waals surface area contributed by atoms with Crippen molar-refractivity contribution in [2.24, 2.45) is 0 Å². The van der Waals surface area contributed by atoms with Crippen LogP contribution in [0.5, 0.6) is 11.6 Å². The molecule has 0 bridgehead atoms. The SMILES string of the molecule is COCc1nc(Cl)cc(Oc2ccccc2C(C)(C)C)n1. The lowest BCUT2D eigenvalue weighted by Gasteiger charge is -2.22. The number of halogens is 1. The second-order valence-electron chi connectivity index (χ2n) is 5.73. The second-order valence-corrected chi connectivity index (χ2v) is 6.11. The molecule has 5 heteroatoms. The lowest BCUT2D eigenvalue weighted by atomic mass is 9.86. The molecule has 0 saturated carbocycles. The van der Waals surface area contributed by atoms with Crippen molar-refractivity contribution in [1.29, 1.82) is 0 Å². The molecular weight excluding hydrogens is 288 g/mol. The molecule has 4 nitrogen and oxygen atoms in total. The van der Waals surface area contributed by atoms with E-state index in [-0.39, 0.29) is 12.0 Å². The fourth-order valence-corrected chi connectivity index (χ4v) is 2.17. The topological polar surface area (TPSA) is 44.2 Å². The number of hydrogen-bond donors (Lipinski definition) is 0. The lowest BCUT2D eigenvalue weighted by molar-refractivity contribution is 0.177. The quantitative estimate of drug-likeness (QED) is 0.787. The predicted octanol–water partition coefficient (Wildman–Crippen LogP) is 4.37. The van der Waals surface area contributed by atoms with Crippen molar-refractivity contribution in [1.82, 2.24) is 9.97 Å². The highest BCUT2D eigenvalue weighted by atomic mass is 35.5. The van der Waals surface area contributed by atoms with Crippen molar-refractivity contribution in [3.05, 3.63) is 46.9 Å². The van der Waals surface area contributed by atoms with Crippen molar-refractivity contribution in [2.45, 2.75) is 32.8 Å². The number of rotatable bonds is 4. The molecule has 2 rings (SSSR count). The first kappa shape index (κ1) is 15.7. The summed E-state index contributed by atoms with van der Waals surface area (Å²) in [6, 6.07) is 9.50. The smallest absolute Gasteiger partial charge is 0.224 e. The number of para-hydroxylation sites is 1. The van der Waals surface area contributed by atoms with E-state index in [1.54, 1.807) is 13.2 Å². The summed E-state index contributed by atoms with van der Waals surface area (Å²) in [7, 11) is 1.58. The van der Waals surface area contributed by atoms with Gasteiger partial charge in [-0.05, 0) is 11.5 Å². The maximum atomic E-state index is 5.99. The van der Waals surface area contributed by atoms with Gasteiger partial charge in [0.05, 0.1) is 0 Å². The second kappa shape index (κ2) is 6.41. The summed E-state index contributed by atoms with van der Waals surface area (Å²) in [4.78, 5) is 8.38. The monoisotopic (exact) mass is 306 g/mol. The third-order valence-corrected chi connectivity index (χ3v) is 3.09. The van der Waals surface area contributed by atoms with Gasteiger partial charge >= 0.3 is 0 Å². The van der Waals surface area contributed by atoms with Gasteiger partial charge in [0.1, 0.15) is 17.5 Å². The van der Waals surface area contributed by atoms with Crippen LogP contribution < -0.4 is 4.74 Å². The van der Waals surface area contributed by atoms with E-state index in [0.29, 0.717) is 16.9 Å². The Hall–Kier alpha value is -1.65. The van der Waals surface area contributed by atoms with Crippen LogP contribution >= 0.6 is 11.6 Å². The first-order valence-electron chi connectivity index (χ1n) is 6.70. The Bertz CT molecular complexity index is 624. The maximum absolute atomic E-state index is 5.99. The van der Waals surface area contributed by atoms with E-state index in [0.717, 1.165) is 11.3 Å². The number of hydrogen-bond acceptors (Lipinski definition) is 4. The van der Waals surface area contributed by atoms with Crippen molar-refractivity contribution in [3.8, 4) is 11.6 Å². The highest BCUT2D eigenvalue weighted by molar-refractivity contribution is 6.29. The molecule has 0 aliphatic carbocycles. The Labute approximate surface area is 130 Å². The fourth-order valence-electron chi connectivity index (χ4n) is 1.98. The molecule has 0 atom stereocenters. The van der Waals surface area contributed by atoms with Crippen molar-refractivity contribution in [2.75, 3.05) is 7.11 Å². The van der Waals surface area contributed by atoms with Crippen LogP contribution in [-0.4, -0.2) is 17.1 Å². The molecule has 1 aromatic heterocycles. The Balaban J connectivity index is 2.35. The highest BCUT2D eigenvalue weighted by Crippen LogP contribution is 2.33. The number of ether oxygens (including phenoxy) is 2. The van der Waals surface area contributed by atoms with Gasteiger partial charge in [-0.25, -0.2) is 4.98 Å². The van der Waals surface area contributed by atoms with Crippen molar-refractivity contribution in [3.63, 3.8) is 0 Å². The summed E-state index contributed by atoms with van der Waals surface area (Å²) in [5.74, 6) is 1.68. The Kier molecular flexibility index (Phi) is 4.80. The van der Waals surface area contributed by atoms with Gasteiger partial charge < -0.3 is 9.47 Å². The molecule has 0 spiro atoms. The van der Waals surface area contributed by atoms with Crippen LogP contribution in [0, 0.1) is 0 Å². The molecule has 0 N–H and O–H groups in total. The van der Waals surface area contributed by atoms with Crippen LogP contribution in [0.25, 0.3) is 0 Å². The zero-order valence-electron chi connectivity index (χ0n) is 12.7. The van der Waals surface area contributed by atoms with Crippen molar-refractivity contribution >= 4 is 11.6 Å². The van der Waals surface area contributed by atoms with Gasteiger partial charge in [-0.3, -0.25) is 0 Å². The zero-order valence-corrected chi connectivity index (χ0v) is 13.4. The van der Waals surface area contributed by atoms with E-state index >= 15 is 0 Å². The van der Waals surface area contributed by atoms with Crippen LogP contribution in [0.1, 0.15) is 32.2 Å². The molecule has 1 heterocycles. The molecule has 112 valence electrons. The molecule has 21 heavy (non-hydrogen) atoms. The van der Waals surface area contributed by atoms with Crippen LogP contribution in [-0.2, 0) is 16.8 Å². The summed E-state index contributed by atoms with van der Waals surface area (Å²) < 4.78 is 10.9. The Morgan fingerprint density at radius 1 is 1.14 bits per heavy atom. The maximum Gasteiger partial charge on any atom is 0.224 e. The van der Waals surface area contributed by atoms with Crippen molar-refractivity contribution < 1.29 is 9.47 Å². The molecule has 2 aromatic rings. The van der Waals surface area contributed by atoms with Gasteiger partial charge in [0.2, 0.25) is 5.88 Å². The summed E-state index contributed by atoms with van der Waals surface area (Å²) in [6.07, 6.45) is 0. The number of nitrogens with zero attached hydrogens (tertiary/aromatic N) is 2. The molecule has 0 aliphatic heterocycles. The van der Waals surface area contributed by atoms with Crippen LogP contribution in [0.2, 0.25) is 5.15 Å². The van der Waals surface area contributed by atoms with E-state index in [4.69, 9.17) is 21.1 Å². The molecular formula is C16H19ClN2O2. The minimum absolute atomic E-state index is 0.0250. The highest BCUT2D eigenvalue weighted by Gasteiger charge is 2.19. The third kappa shape index (κ3) is 4.16. The van der Waals surface area contributed by atoms with Gasteiger partial charge in [-0.1, -0.05) is 50.6 Å². The minimum atomic E-state index is -0.0250. The van der Waals surface area contributed by atoms with E-state index < -0.39 is 0 Å². The van der Waals surface area contributed by atoms with Gasteiger partial charge in [0.15, 0.2) is 5.82 Å². The average molecular weight is 307 g/mol. The van der Waals surface area contributed by atoms with Gasteiger partial charge in [0.25, 0.3) is 0 Å². The predicted molar refractivity (Wildman–Crippen MR) is 83.0 cm³/mol. The third-order valence-electron chi connectivity index (χ3n) is 2.90. The normalized spacial score (nSPS) is 11.5. The summed E-state index contributed by atoms with van der Waals surface area (Å²) in [5, 5.41) is 0.334. The van der Waals surface area contributed by atoms with E-state index in [1.165, 1.54) is 0 Å². The first-order chi connectivity index (χ1) is 9.90. The molecule has 1 aromatic carbocycles. The van der Waals surface area contributed by atoms with Crippen LogP contribution in [0.15, 0.2) is 30.3 Å². The molecule has 0 unspecified atom stereocenters. The Morgan fingerprint density at radius 3 is 2.52 bits per heavy atom. The Morgan fingerprint density at radius 2 is 1.86 bits per heavy atom. The van der Waals surface area contributed by atoms with Gasteiger partial charge in [-0.15, -0.1) is 0 Å². The fraction of sp³-hybridized carbons (Fsp3) is 0.375. The summed E-state index contributed by atoms with van der Waals surface area (Å²) in [5.41, 5.74) is 1.08. The standard InChI is InChI=1S/C16H19ClN2O2/c1-16(2,3)11-7-5-6-8-12(11)21-15-9-13(17)18-14(19-15)10-20-4/h5-9H,10H2,1-4H3. The van der Waals surface area contributed by atoms with Gasteiger partial charge in [0, 0.05) is 18.7 Å². The first-order valence-corrected chi connectivity index (χ1v) is 7.07. The van der Waals surface area contributed by atoms with E-state index in [1.807, 2.05) is 24.3 Å². The average Bonchev–Trinajstić information content (AvgIpc) is 2.37. The number of benzene rings is 1. The van der Waals surface area contributed by atoms with Crippen LogP contribution in [0.3, 0.4) is 0 Å². The lowest BCUT2D eigenvalue weighted by Crippen LogP contribution is -2.12. The summed E-state index contributed by atoms with van der Waals surface area (Å²) in [6.45, 7) is 6.70. The van der Waals surface area contributed by atoms with Crippen LogP contribution in [0.4, 0.5) is 0 Å². The molecule has 0 aliphatic rings. The number of aromatic nitrogens is 2. The summed E-state index contributed by atoms with van der Waals surface area (Å²) >= 11 is 5.99. The van der Waals surface area contributed by atoms with E-state index in [2.05, 4.69) is 30.7 Å². The zero-order chi connectivity index (χ0) is 15.5. The molecule has 0 saturated heterocycles. The molecule has 0 fully saturated rings. The number of methoxy groups -OCH3 is 1. The molecule has 0 amide bonds. The van der Waals surface area contributed by atoms with E-state index in [9.17, 15) is 0 Å². The largest absolute Gasteiger partial charge is 0.439 e. The van der Waals surface area contributed by atoms with Gasteiger partial charge in [-0.2, -0.15) is 4.98 Å².